The highest BCUT2D eigenvalue weighted by atomic mass is 16.5. The summed E-state index contributed by atoms with van der Waals surface area (Å²) < 4.78 is 5.54. The lowest BCUT2D eigenvalue weighted by molar-refractivity contribution is -0.128. The van der Waals surface area contributed by atoms with Gasteiger partial charge in [-0.05, 0) is 40.5 Å². The third kappa shape index (κ3) is 5.73. The zero-order valence-electron chi connectivity index (χ0n) is 20.3. The Morgan fingerprint density at radius 2 is 1.56 bits per heavy atom. The Morgan fingerprint density at radius 3 is 2.19 bits per heavy atom. The first-order valence-corrected chi connectivity index (χ1v) is 11.8. The fraction of sp³-hybridized carbons (Fsp3) is 0.200. The minimum Gasteiger partial charge on any atom is -0.507 e. The number of benzene rings is 3. The molecule has 6 nitrogen and oxygen atoms in total. The molecule has 2 atom stereocenters. The maximum absolute atomic E-state index is 13.6. The van der Waals surface area contributed by atoms with Crippen LogP contribution in [0.25, 0.3) is 11.1 Å². The molecule has 0 aromatic heterocycles. The largest absolute Gasteiger partial charge is 0.507 e. The number of carboxylic acid groups (broad SMARTS) is 1. The summed E-state index contributed by atoms with van der Waals surface area (Å²) in [5.74, 6) is -1.33. The van der Waals surface area contributed by atoms with Crippen molar-refractivity contribution < 1.29 is 24.5 Å². The second-order valence-electron chi connectivity index (χ2n) is 8.92. The molecule has 6 heteroatoms. The summed E-state index contributed by atoms with van der Waals surface area (Å²) in [4.78, 5) is 26.7. The molecule has 2 unspecified atom stereocenters. The van der Waals surface area contributed by atoms with E-state index in [4.69, 9.17) is 4.74 Å². The lowest BCUT2D eigenvalue weighted by Gasteiger charge is -2.27. The second-order valence-corrected chi connectivity index (χ2v) is 8.92. The maximum Gasteiger partial charge on any atom is 0.339 e. The molecule has 0 saturated heterocycles. The van der Waals surface area contributed by atoms with Gasteiger partial charge in [0.1, 0.15) is 11.3 Å². The van der Waals surface area contributed by atoms with Crippen molar-refractivity contribution in [3.8, 4) is 16.9 Å². The number of ether oxygens (including phenoxy) is 1. The molecule has 0 aliphatic heterocycles. The van der Waals surface area contributed by atoms with Gasteiger partial charge in [-0.2, -0.15) is 0 Å². The van der Waals surface area contributed by atoms with E-state index in [1.165, 1.54) is 12.1 Å². The quantitative estimate of drug-likeness (QED) is 0.446. The van der Waals surface area contributed by atoms with E-state index < -0.39 is 5.97 Å². The van der Waals surface area contributed by atoms with Crippen LogP contribution in [0.4, 0.5) is 0 Å². The highest BCUT2D eigenvalue weighted by Gasteiger charge is 2.23. The van der Waals surface area contributed by atoms with Gasteiger partial charge in [-0.3, -0.25) is 4.79 Å². The number of phenols is 1. The van der Waals surface area contributed by atoms with Gasteiger partial charge in [0.15, 0.2) is 0 Å². The molecule has 0 radical (unpaired) electrons. The van der Waals surface area contributed by atoms with E-state index in [-0.39, 0.29) is 29.2 Å². The molecule has 0 spiro atoms. The summed E-state index contributed by atoms with van der Waals surface area (Å²) in [6, 6.07) is 22.0. The molecule has 0 heterocycles. The lowest BCUT2D eigenvalue weighted by Crippen LogP contribution is -2.33. The fourth-order valence-corrected chi connectivity index (χ4v) is 4.27. The number of carboxylic acids is 1. The molecule has 4 rings (SSSR count). The summed E-state index contributed by atoms with van der Waals surface area (Å²) in [6.07, 6.45) is 5.61. The van der Waals surface area contributed by atoms with Gasteiger partial charge in [-0.15, -0.1) is 0 Å². The monoisotopic (exact) mass is 483 g/mol. The molecule has 1 aliphatic rings. The number of aromatic hydroxyl groups is 1. The van der Waals surface area contributed by atoms with Crippen LogP contribution in [0.2, 0.25) is 0 Å². The van der Waals surface area contributed by atoms with Crippen LogP contribution in [0.15, 0.2) is 96.6 Å². The van der Waals surface area contributed by atoms with Crippen LogP contribution in [0.3, 0.4) is 0 Å². The van der Waals surface area contributed by atoms with Crippen molar-refractivity contribution in [2.45, 2.75) is 26.1 Å². The van der Waals surface area contributed by atoms with Crippen molar-refractivity contribution >= 4 is 11.9 Å². The van der Waals surface area contributed by atoms with Gasteiger partial charge in [0.2, 0.25) is 0 Å². The van der Waals surface area contributed by atoms with Crippen LogP contribution in [0.1, 0.15) is 28.4 Å². The summed E-state index contributed by atoms with van der Waals surface area (Å²) in [5.41, 5.74) is 3.94. The molecule has 0 bridgehead atoms. The van der Waals surface area contributed by atoms with Gasteiger partial charge < -0.3 is 19.8 Å². The van der Waals surface area contributed by atoms with E-state index >= 15 is 0 Å². The smallest absolute Gasteiger partial charge is 0.339 e. The van der Waals surface area contributed by atoms with E-state index in [2.05, 4.69) is 6.92 Å². The molecule has 3 aromatic carbocycles. The Morgan fingerprint density at radius 1 is 0.917 bits per heavy atom. The van der Waals surface area contributed by atoms with E-state index in [1.54, 1.807) is 13.2 Å². The molecule has 2 N–H and O–H groups in total. The minimum absolute atomic E-state index is 0.0715. The molecule has 0 fully saturated rings. The van der Waals surface area contributed by atoms with Gasteiger partial charge in [0, 0.05) is 31.7 Å². The predicted octanol–water partition coefficient (Wildman–Crippen LogP) is 5.43. The molecular weight excluding hydrogens is 454 g/mol. The topological polar surface area (TPSA) is 87.1 Å². The Balaban J connectivity index is 1.58. The first kappa shape index (κ1) is 24.9. The van der Waals surface area contributed by atoms with Crippen molar-refractivity contribution in [1.29, 1.82) is 0 Å². The second kappa shape index (κ2) is 11.1. The van der Waals surface area contributed by atoms with E-state index in [1.807, 2.05) is 77.7 Å². The Hall–Kier alpha value is -4.16. The average Bonchev–Trinajstić information content (AvgIpc) is 2.89. The molecule has 36 heavy (non-hydrogen) atoms. The molecule has 1 aliphatic carbocycles. The standard InChI is InChI=1S/C30H29NO5/c1-20-8-11-25(17-28(20)36-2)29(33)31(18-21-6-4-3-5-7-21)19-22-9-12-23(13-10-22)24-14-15-27(32)26(16-24)30(34)35/h3-17,20,28,32H,18-19H2,1-2H3,(H,34,35). The molecule has 0 saturated carbocycles. The first-order chi connectivity index (χ1) is 17.4. The summed E-state index contributed by atoms with van der Waals surface area (Å²) in [7, 11) is 1.65. The summed E-state index contributed by atoms with van der Waals surface area (Å²) in [6.45, 7) is 2.92. The van der Waals surface area contributed by atoms with Crippen molar-refractivity contribution in [3.63, 3.8) is 0 Å². The number of hydrogen-bond donors (Lipinski definition) is 2. The number of carbonyl (C=O) groups is 2. The normalized spacial score (nSPS) is 16.9. The SMILES string of the molecule is COC1C=C(C(=O)N(Cc2ccccc2)Cc2ccc(-c3ccc(O)c(C(=O)O)c3)cc2)C=CC1C. The number of methoxy groups -OCH3 is 1. The van der Waals surface area contributed by atoms with Crippen LogP contribution in [0.5, 0.6) is 5.75 Å². The Kier molecular flexibility index (Phi) is 7.66. The number of rotatable bonds is 8. The molecule has 1 amide bonds. The lowest BCUT2D eigenvalue weighted by atomic mass is 9.94. The molecule has 3 aromatic rings. The summed E-state index contributed by atoms with van der Waals surface area (Å²) in [5, 5.41) is 19.1. The van der Waals surface area contributed by atoms with Gasteiger partial charge >= 0.3 is 5.97 Å². The minimum atomic E-state index is -1.18. The third-order valence-corrected chi connectivity index (χ3v) is 6.35. The van der Waals surface area contributed by atoms with Gasteiger partial charge in [-0.1, -0.05) is 79.7 Å². The molecule has 184 valence electrons. The van der Waals surface area contributed by atoms with Crippen molar-refractivity contribution in [1.82, 2.24) is 4.90 Å². The van der Waals surface area contributed by atoms with E-state index in [9.17, 15) is 19.8 Å². The number of aromatic carboxylic acids is 1. The van der Waals surface area contributed by atoms with E-state index in [0.717, 1.165) is 16.7 Å². The number of nitrogens with zero attached hydrogens (tertiary/aromatic N) is 1. The Labute approximate surface area is 210 Å². The predicted molar refractivity (Wildman–Crippen MR) is 138 cm³/mol. The fourth-order valence-electron chi connectivity index (χ4n) is 4.27. The van der Waals surface area contributed by atoms with E-state index in [0.29, 0.717) is 24.2 Å². The van der Waals surface area contributed by atoms with Crippen LogP contribution in [0, 0.1) is 5.92 Å². The highest BCUT2D eigenvalue weighted by molar-refractivity contribution is 5.96. The first-order valence-electron chi connectivity index (χ1n) is 11.8. The van der Waals surface area contributed by atoms with Crippen molar-refractivity contribution in [3.05, 3.63) is 113 Å². The molecular formula is C30H29NO5. The Bertz CT molecular complexity index is 1290. The van der Waals surface area contributed by atoms with Crippen molar-refractivity contribution in [2.24, 2.45) is 5.92 Å². The highest BCUT2D eigenvalue weighted by Crippen LogP contribution is 2.27. The number of amides is 1. The van der Waals surface area contributed by atoms with Crippen LogP contribution in [-0.2, 0) is 22.6 Å². The van der Waals surface area contributed by atoms with Gasteiger partial charge in [0.25, 0.3) is 5.91 Å². The third-order valence-electron chi connectivity index (χ3n) is 6.35. The van der Waals surface area contributed by atoms with Gasteiger partial charge in [0.05, 0.1) is 6.10 Å². The van der Waals surface area contributed by atoms with Crippen molar-refractivity contribution in [2.75, 3.05) is 7.11 Å². The van der Waals surface area contributed by atoms with Crippen LogP contribution in [-0.4, -0.2) is 40.2 Å². The van der Waals surface area contributed by atoms with Gasteiger partial charge in [-0.25, -0.2) is 4.79 Å². The average molecular weight is 484 g/mol. The van der Waals surface area contributed by atoms with Crippen LogP contribution < -0.4 is 0 Å². The zero-order valence-corrected chi connectivity index (χ0v) is 20.3. The number of hydrogen-bond acceptors (Lipinski definition) is 4. The maximum atomic E-state index is 13.6. The van der Waals surface area contributed by atoms with Crippen LogP contribution >= 0.6 is 0 Å². The zero-order chi connectivity index (χ0) is 25.7. The number of carbonyl (C=O) groups excluding carboxylic acids is 1. The summed E-state index contributed by atoms with van der Waals surface area (Å²) >= 11 is 0.